The van der Waals surface area contributed by atoms with E-state index in [1.807, 2.05) is 58.0 Å². The van der Waals surface area contributed by atoms with Crippen molar-refractivity contribution in [3.8, 4) is 11.5 Å². The first-order valence-electron chi connectivity index (χ1n) is 9.72. The minimum atomic E-state index is -0.338. The number of benzene rings is 2. The third-order valence-corrected chi connectivity index (χ3v) is 5.34. The van der Waals surface area contributed by atoms with Gasteiger partial charge in [-0.3, -0.25) is 9.59 Å². The molecule has 0 aliphatic carbocycles. The number of carbonyl (C=O) groups is 2. The number of ether oxygens (including phenoxy) is 2. The highest BCUT2D eigenvalue weighted by molar-refractivity contribution is 8.04. The van der Waals surface area contributed by atoms with Crippen LogP contribution in [-0.4, -0.2) is 30.3 Å². The van der Waals surface area contributed by atoms with E-state index in [2.05, 4.69) is 0 Å². The summed E-state index contributed by atoms with van der Waals surface area (Å²) < 4.78 is 11.2. The summed E-state index contributed by atoms with van der Waals surface area (Å²) in [7, 11) is 0. The fraction of sp³-hybridized carbons (Fsp3) is 0.304. The maximum atomic E-state index is 13.4. The van der Waals surface area contributed by atoms with Crippen LogP contribution in [0.5, 0.6) is 11.5 Å². The van der Waals surface area contributed by atoms with Crippen LogP contribution in [0.2, 0.25) is 0 Å². The molecule has 1 aliphatic heterocycles. The zero-order valence-electron chi connectivity index (χ0n) is 17.1. The number of nitrogens with zero attached hydrogens (tertiary/aromatic N) is 1. The summed E-state index contributed by atoms with van der Waals surface area (Å²) in [6.45, 7) is 8.80. The van der Waals surface area contributed by atoms with Gasteiger partial charge in [-0.1, -0.05) is 38.1 Å². The molecule has 3 rings (SSSR count). The number of carbonyl (C=O) groups excluding carboxylic acids is 2. The van der Waals surface area contributed by atoms with E-state index in [0.29, 0.717) is 40.7 Å². The smallest absolute Gasteiger partial charge is 0.272 e. The molecule has 0 saturated heterocycles. The molecule has 0 atom stereocenters. The van der Waals surface area contributed by atoms with E-state index < -0.39 is 0 Å². The van der Waals surface area contributed by atoms with Crippen molar-refractivity contribution >= 4 is 34.8 Å². The number of hydrogen-bond acceptors (Lipinski definition) is 5. The van der Waals surface area contributed by atoms with Crippen LogP contribution in [0.15, 0.2) is 53.4 Å². The quantitative estimate of drug-likeness (QED) is 0.578. The third-order valence-electron chi connectivity index (χ3n) is 4.25. The van der Waals surface area contributed by atoms with E-state index in [1.165, 1.54) is 16.7 Å². The maximum Gasteiger partial charge on any atom is 0.272 e. The Hall–Kier alpha value is -2.73. The van der Waals surface area contributed by atoms with Crippen molar-refractivity contribution in [2.24, 2.45) is 0 Å². The number of imide groups is 1. The van der Waals surface area contributed by atoms with E-state index in [0.717, 1.165) is 5.75 Å². The largest absolute Gasteiger partial charge is 0.494 e. The van der Waals surface area contributed by atoms with Crippen molar-refractivity contribution in [2.75, 3.05) is 18.1 Å². The van der Waals surface area contributed by atoms with Crippen molar-refractivity contribution < 1.29 is 19.1 Å². The van der Waals surface area contributed by atoms with Gasteiger partial charge in [-0.25, -0.2) is 4.90 Å². The summed E-state index contributed by atoms with van der Waals surface area (Å²) in [6, 6.07) is 14.4. The SMILES string of the molecule is CCOc1ccc(C2=C(SC(C)C)C(=O)N(c3ccccc3OCC)C2=O)cc1. The summed E-state index contributed by atoms with van der Waals surface area (Å²) in [6.07, 6.45) is 0. The monoisotopic (exact) mass is 411 g/mol. The fourth-order valence-electron chi connectivity index (χ4n) is 3.13. The highest BCUT2D eigenvalue weighted by atomic mass is 32.2. The lowest BCUT2D eigenvalue weighted by Gasteiger charge is -2.19. The Morgan fingerprint density at radius 3 is 2.17 bits per heavy atom. The lowest BCUT2D eigenvalue weighted by Crippen LogP contribution is -2.31. The highest BCUT2D eigenvalue weighted by Crippen LogP contribution is 2.42. The van der Waals surface area contributed by atoms with Gasteiger partial charge >= 0.3 is 0 Å². The Morgan fingerprint density at radius 1 is 0.897 bits per heavy atom. The Bertz CT molecular complexity index is 934. The molecule has 2 aromatic carbocycles. The number of para-hydroxylation sites is 2. The molecule has 0 aromatic heterocycles. The first-order valence-corrected chi connectivity index (χ1v) is 10.6. The van der Waals surface area contributed by atoms with Gasteiger partial charge < -0.3 is 9.47 Å². The van der Waals surface area contributed by atoms with Gasteiger partial charge in [0.15, 0.2) is 0 Å². The van der Waals surface area contributed by atoms with Crippen LogP contribution in [0.4, 0.5) is 5.69 Å². The van der Waals surface area contributed by atoms with Crippen LogP contribution in [0.25, 0.3) is 5.57 Å². The molecule has 0 N–H and O–H groups in total. The number of amides is 2. The van der Waals surface area contributed by atoms with E-state index in [9.17, 15) is 9.59 Å². The van der Waals surface area contributed by atoms with Gasteiger partial charge in [-0.15, -0.1) is 11.8 Å². The average molecular weight is 412 g/mol. The molecule has 0 radical (unpaired) electrons. The first kappa shape index (κ1) is 21.0. The molecule has 0 saturated carbocycles. The second-order valence-electron chi connectivity index (χ2n) is 6.67. The number of hydrogen-bond donors (Lipinski definition) is 0. The zero-order chi connectivity index (χ0) is 21.0. The van der Waals surface area contributed by atoms with Gasteiger partial charge in [0.2, 0.25) is 0 Å². The van der Waals surface area contributed by atoms with Gasteiger partial charge in [-0.2, -0.15) is 0 Å². The molecule has 0 spiro atoms. The van der Waals surface area contributed by atoms with Gasteiger partial charge in [-0.05, 0) is 43.7 Å². The summed E-state index contributed by atoms with van der Waals surface area (Å²) in [5, 5.41) is 0.154. The fourth-order valence-corrected chi connectivity index (χ4v) is 4.12. The van der Waals surface area contributed by atoms with Crippen molar-refractivity contribution in [3.63, 3.8) is 0 Å². The first-order chi connectivity index (χ1) is 14.0. The molecule has 2 aromatic rings. The zero-order valence-corrected chi connectivity index (χ0v) is 17.9. The van der Waals surface area contributed by atoms with Crippen molar-refractivity contribution in [2.45, 2.75) is 32.9 Å². The summed E-state index contributed by atoms with van der Waals surface area (Å²) in [5.41, 5.74) is 1.58. The summed E-state index contributed by atoms with van der Waals surface area (Å²) in [4.78, 5) is 28.4. The highest BCUT2D eigenvalue weighted by Gasteiger charge is 2.41. The van der Waals surface area contributed by atoms with Crippen LogP contribution in [0, 0.1) is 0 Å². The van der Waals surface area contributed by atoms with Crippen molar-refractivity contribution in [3.05, 3.63) is 59.0 Å². The predicted molar refractivity (Wildman–Crippen MR) is 117 cm³/mol. The molecule has 0 fully saturated rings. The maximum absolute atomic E-state index is 13.4. The molecule has 0 bridgehead atoms. The van der Waals surface area contributed by atoms with Crippen LogP contribution in [0.3, 0.4) is 0 Å². The number of thioether (sulfide) groups is 1. The van der Waals surface area contributed by atoms with Gasteiger partial charge in [0.1, 0.15) is 11.5 Å². The molecule has 1 aliphatic rings. The molecule has 6 heteroatoms. The molecule has 29 heavy (non-hydrogen) atoms. The van der Waals surface area contributed by atoms with E-state index >= 15 is 0 Å². The van der Waals surface area contributed by atoms with Gasteiger partial charge in [0.25, 0.3) is 11.8 Å². The second kappa shape index (κ2) is 9.18. The van der Waals surface area contributed by atoms with Crippen LogP contribution in [0.1, 0.15) is 33.3 Å². The minimum Gasteiger partial charge on any atom is -0.494 e. The minimum absolute atomic E-state index is 0.154. The predicted octanol–water partition coefficient (Wildman–Crippen LogP) is 4.91. The van der Waals surface area contributed by atoms with E-state index in [1.54, 1.807) is 18.2 Å². The lowest BCUT2D eigenvalue weighted by molar-refractivity contribution is -0.119. The van der Waals surface area contributed by atoms with Gasteiger partial charge in [0, 0.05) is 5.25 Å². The normalized spacial score (nSPS) is 14.2. The molecule has 1 heterocycles. The Balaban J connectivity index is 2.06. The standard InChI is InChI=1S/C23H25NO4S/c1-5-27-17-13-11-16(12-14-17)20-21(29-15(3)4)23(26)24(22(20)25)18-9-7-8-10-19(18)28-6-2/h7-15H,5-6H2,1-4H3. The average Bonchev–Trinajstić information content (AvgIpc) is 2.93. The lowest BCUT2D eigenvalue weighted by atomic mass is 10.1. The van der Waals surface area contributed by atoms with Gasteiger partial charge in [0.05, 0.1) is 29.4 Å². The molecule has 152 valence electrons. The molecular formula is C23H25NO4S. The number of rotatable bonds is 8. The molecule has 5 nitrogen and oxygen atoms in total. The third kappa shape index (κ3) is 4.32. The Labute approximate surface area is 175 Å². The number of anilines is 1. The molecule has 0 unspecified atom stereocenters. The van der Waals surface area contributed by atoms with Crippen LogP contribution < -0.4 is 14.4 Å². The Kier molecular flexibility index (Phi) is 6.64. The van der Waals surface area contributed by atoms with Crippen molar-refractivity contribution in [1.82, 2.24) is 0 Å². The van der Waals surface area contributed by atoms with Crippen LogP contribution in [-0.2, 0) is 9.59 Å². The summed E-state index contributed by atoms with van der Waals surface area (Å²) in [5.74, 6) is 0.586. The Morgan fingerprint density at radius 2 is 1.55 bits per heavy atom. The molecule has 2 amide bonds. The summed E-state index contributed by atoms with van der Waals surface area (Å²) >= 11 is 1.40. The van der Waals surface area contributed by atoms with E-state index in [-0.39, 0.29) is 17.1 Å². The van der Waals surface area contributed by atoms with E-state index in [4.69, 9.17) is 9.47 Å². The second-order valence-corrected chi connectivity index (χ2v) is 8.26. The topological polar surface area (TPSA) is 55.8 Å². The van der Waals surface area contributed by atoms with Crippen molar-refractivity contribution in [1.29, 1.82) is 0 Å². The van der Waals surface area contributed by atoms with Crippen LogP contribution >= 0.6 is 11.8 Å². The molecular weight excluding hydrogens is 386 g/mol.